The number of hydrogen-bond acceptors (Lipinski definition) is 0. The molecular formula is C29H32. The summed E-state index contributed by atoms with van der Waals surface area (Å²) >= 11 is 0. The van der Waals surface area contributed by atoms with Gasteiger partial charge in [-0.15, -0.1) is 0 Å². The second kappa shape index (κ2) is 8.41. The Hall–Kier alpha value is -2.60. The predicted octanol–water partition coefficient (Wildman–Crippen LogP) is 8.82. The predicted molar refractivity (Wildman–Crippen MR) is 129 cm³/mol. The minimum absolute atomic E-state index is 0.739. The Labute approximate surface area is 175 Å². The number of benzene rings is 4. The van der Waals surface area contributed by atoms with Crippen LogP contribution in [-0.4, -0.2) is 0 Å². The van der Waals surface area contributed by atoms with Crippen LogP contribution in [0.4, 0.5) is 0 Å². The van der Waals surface area contributed by atoms with E-state index in [1.165, 1.54) is 63.1 Å². The van der Waals surface area contributed by atoms with Gasteiger partial charge in [-0.25, -0.2) is 0 Å². The summed E-state index contributed by atoms with van der Waals surface area (Å²) < 4.78 is 0. The first-order chi connectivity index (χ1) is 14.3. The standard InChI is InChI=1S/C27H26.C2H6/c1-3-19-12-15-23-21(17-19)13-16-26-24(23)14-11-18(2)27(26)25-10-5-4-9-22(25)20-7-6-8-20;1-2/h4-5,9-17,20H,3,6-8H2,1-2H3;1-2H3. The summed E-state index contributed by atoms with van der Waals surface area (Å²) in [4.78, 5) is 0. The number of hydrogen-bond donors (Lipinski definition) is 0. The average molecular weight is 381 g/mol. The minimum Gasteiger partial charge on any atom is -0.0683 e. The molecule has 0 radical (unpaired) electrons. The molecule has 1 aliphatic carbocycles. The van der Waals surface area contributed by atoms with Crippen LogP contribution < -0.4 is 0 Å². The quantitative estimate of drug-likeness (QED) is 0.311. The van der Waals surface area contributed by atoms with Crippen LogP contribution in [-0.2, 0) is 6.42 Å². The van der Waals surface area contributed by atoms with E-state index in [4.69, 9.17) is 0 Å². The third-order valence-electron chi connectivity index (χ3n) is 6.47. The SMILES string of the molecule is CC.CCc1ccc2c(ccc3c(-c4ccccc4C4CCC4)c(C)ccc32)c1. The van der Waals surface area contributed by atoms with Gasteiger partial charge in [-0.05, 0) is 81.5 Å². The highest BCUT2D eigenvalue weighted by Gasteiger charge is 2.23. The van der Waals surface area contributed by atoms with Crippen LogP contribution in [0.3, 0.4) is 0 Å². The molecule has 148 valence electrons. The summed E-state index contributed by atoms with van der Waals surface area (Å²) in [5.41, 5.74) is 7.19. The lowest BCUT2D eigenvalue weighted by molar-refractivity contribution is 0.420. The van der Waals surface area contributed by atoms with E-state index in [2.05, 4.69) is 80.6 Å². The van der Waals surface area contributed by atoms with E-state index < -0.39 is 0 Å². The molecule has 0 N–H and O–H groups in total. The third-order valence-corrected chi connectivity index (χ3v) is 6.47. The van der Waals surface area contributed by atoms with Crippen LogP contribution in [0, 0.1) is 6.92 Å². The maximum absolute atomic E-state index is 2.35. The Bertz CT molecular complexity index is 1150. The first kappa shape index (κ1) is 19.7. The first-order valence-electron chi connectivity index (χ1n) is 11.3. The summed E-state index contributed by atoms with van der Waals surface area (Å²) in [6.45, 7) is 8.48. The number of aryl methyl sites for hydroxylation is 2. The average Bonchev–Trinajstić information content (AvgIpc) is 2.74. The Kier molecular flexibility index (Phi) is 5.72. The van der Waals surface area contributed by atoms with E-state index in [9.17, 15) is 0 Å². The van der Waals surface area contributed by atoms with Crippen molar-refractivity contribution in [1.29, 1.82) is 0 Å². The molecule has 1 fully saturated rings. The monoisotopic (exact) mass is 380 g/mol. The van der Waals surface area contributed by atoms with Gasteiger partial charge in [0.25, 0.3) is 0 Å². The van der Waals surface area contributed by atoms with E-state index in [0.29, 0.717) is 0 Å². The zero-order valence-corrected chi connectivity index (χ0v) is 18.3. The van der Waals surface area contributed by atoms with Gasteiger partial charge in [0.15, 0.2) is 0 Å². The fourth-order valence-electron chi connectivity index (χ4n) is 4.68. The van der Waals surface area contributed by atoms with Gasteiger partial charge in [-0.3, -0.25) is 0 Å². The normalized spacial score (nSPS) is 13.8. The maximum Gasteiger partial charge on any atom is -0.00730 e. The van der Waals surface area contributed by atoms with Crippen molar-refractivity contribution in [2.24, 2.45) is 0 Å². The largest absolute Gasteiger partial charge is 0.0683 e. The lowest BCUT2D eigenvalue weighted by Gasteiger charge is -2.28. The van der Waals surface area contributed by atoms with Crippen LogP contribution in [0.5, 0.6) is 0 Å². The van der Waals surface area contributed by atoms with Crippen molar-refractivity contribution in [2.45, 2.75) is 59.3 Å². The molecule has 0 saturated heterocycles. The summed E-state index contributed by atoms with van der Waals surface area (Å²) in [5, 5.41) is 5.48. The van der Waals surface area contributed by atoms with Gasteiger partial charge in [0.1, 0.15) is 0 Å². The van der Waals surface area contributed by atoms with Gasteiger partial charge < -0.3 is 0 Å². The minimum atomic E-state index is 0.739. The zero-order valence-electron chi connectivity index (χ0n) is 18.3. The van der Waals surface area contributed by atoms with Crippen LogP contribution >= 0.6 is 0 Å². The van der Waals surface area contributed by atoms with E-state index in [1.54, 1.807) is 5.56 Å². The molecular weight excluding hydrogens is 348 g/mol. The zero-order chi connectivity index (χ0) is 20.4. The third kappa shape index (κ3) is 3.46. The Morgan fingerprint density at radius 2 is 1.52 bits per heavy atom. The molecule has 0 bridgehead atoms. The molecule has 29 heavy (non-hydrogen) atoms. The lowest BCUT2D eigenvalue weighted by Crippen LogP contribution is -2.10. The van der Waals surface area contributed by atoms with Crippen molar-refractivity contribution in [3.63, 3.8) is 0 Å². The topological polar surface area (TPSA) is 0 Å². The molecule has 0 aliphatic heterocycles. The van der Waals surface area contributed by atoms with Crippen molar-refractivity contribution >= 4 is 21.5 Å². The second-order valence-corrected chi connectivity index (χ2v) is 8.04. The van der Waals surface area contributed by atoms with Crippen LogP contribution in [0.25, 0.3) is 32.7 Å². The van der Waals surface area contributed by atoms with Gasteiger partial charge in [0.2, 0.25) is 0 Å². The van der Waals surface area contributed by atoms with Gasteiger partial charge in [-0.1, -0.05) is 93.9 Å². The highest BCUT2D eigenvalue weighted by atomic mass is 14.3. The van der Waals surface area contributed by atoms with Gasteiger partial charge in [0.05, 0.1) is 0 Å². The van der Waals surface area contributed by atoms with Crippen LogP contribution in [0.2, 0.25) is 0 Å². The fraction of sp³-hybridized carbons (Fsp3) is 0.310. The maximum atomic E-state index is 2.35. The molecule has 4 aromatic rings. The molecule has 0 nitrogen and oxygen atoms in total. The molecule has 0 unspecified atom stereocenters. The highest BCUT2D eigenvalue weighted by Crippen LogP contribution is 2.44. The van der Waals surface area contributed by atoms with Crippen molar-refractivity contribution in [3.05, 3.63) is 83.4 Å². The van der Waals surface area contributed by atoms with E-state index in [-0.39, 0.29) is 0 Å². The smallest absolute Gasteiger partial charge is 0.00730 e. The summed E-state index contributed by atoms with van der Waals surface area (Å²) in [7, 11) is 0. The van der Waals surface area contributed by atoms with Crippen molar-refractivity contribution in [1.82, 2.24) is 0 Å². The van der Waals surface area contributed by atoms with Crippen LogP contribution in [0.15, 0.2) is 66.7 Å². The number of fused-ring (bicyclic) bond motifs is 3. The van der Waals surface area contributed by atoms with Crippen molar-refractivity contribution in [2.75, 3.05) is 0 Å². The van der Waals surface area contributed by atoms with E-state index in [1.807, 2.05) is 13.8 Å². The van der Waals surface area contributed by atoms with E-state index >= 15 is 0 Å². The van der Waals surface area contributed by atoms with E-state index in [0.717, 1.165) is 12.3 Å². The van der Waals surface area contributed by atoms with Gasteiger partial charge in [0, 0.05) is 0 Å². The molecule has 1 aliphatic rings. The Morgan fingerprint density at radius 1 is 0.793 bits per heavy atom. The summed E-state index contributed by atoms with van der Waals surface area (Å²) in [6.07, 6.45) is 5.13. The second-order valence-electron chi connectivity index (χ2n) is 8.04. The van der Waals surface area contributed by atoms with Crippen molar-refractivity contribution in [3.8, 4) is 11.1 Å². The molecule has 0 amide bonds. The first-order valence-corrected chi connectivity index (χ1v) is 11.3. The number of rotatable bonds is 3. The molecule has 0 aromatic heterocycles. The van der Waals surface area contributed by atoms with Gasteiger partial charge >= 0.3 is 0 Å². The molecule has 1 saturated carbocycles. The molecule has 0 spiro atoms. The fourth-order valence-corrected chi connectivity index (χ4v) is 4.68. The molecule has 5 rings (SSSR count). The summed E-state index contributed by atoms with van der Waals surface area (Å²) in [6, 6.07) is 25.3. The lowest BCUT2D eigenvalue weighted by atomic mass is 9.76. The molecule has 0 heterocycles. The van der Waals surface area contributed by atoms with Crippen molar-refractivity contribution < 1.29 is 0 Å². The molecule has 4 aromatic carbocycles. The van der Waals surface area contributed by atoms with Crippen LogP contribution in [0.1, 0.15) is 62.6 Å². The van der Waals surface area contributed by atoms with Gasteiger partial charge in [-0.2, -0.15) is 0 Å². The Balaban J connectivity index is 0.000000994. The highest BCUT2D eigenvalue weighted by molar-refractivity contribution is 6.13. The summed E-state index contributed by atoms with van der Waals surface area (Å²) in [5.74, 6) is 0.739. The molecule has 0 heteroatoms. The Morgan fingerprint density at radius 3 is 2.24 bits per heavy atom. The molecule has 0 atom stereocenters.